The van der Waals surface area contributed by atoms with Gasteiger partial charge in [-0.05, 0) is 19.3 Å². The fourth-order valence-corrected chi connectivity index (χ4v) is 3.41. The minimum Gasteiger partial charge on any atom is -0.364 e. The number of likely N-dealkylation sites (tertiary alicyclic amines) is 1. The van der Waals surface area contributed by atoms with E-state index in [4.69, 9.17) is 4.52 Å². The van der Waals surface area contributed by atoms with Crippen LogP contribution < -0.4 is 5.32 Å². The van der Waals surface area contributed by atoms with Gasteiger partial charge in [0.05, 0.1) is 12.2 Å². The van der Waals surface area contributed by atoms with Gasteiger partial charge in [-0.1, -0.05) is 5.16 Å². The second kappa shape index (κ2) is 10.7. The van der Waals surface area contributed by atoms with Crippen LogP contribution in [0.15, 0.2) is 21.8 Å². The first-order valence-electron chi connectivity index (χ1n) is 9.11. The lowest BCUT2D eigenvalue weighted by molar-refractivity contribution is -0.130. The van der Waals surface area contributed by atoms with E-state index in [-0.39, 0.29) is 29.9 Å². The van der Waals surface area contributed by atoms with Crippen molar-refractivity contribution in [2.45, 2.75) is 25.8 Å². The molecule has 2 aliphatic rings. The number of rotatable bonds is 4. The van der Waals surface area contributed by atoms with E-state index in [2.05, 4.69) is 25.3 Å². The van der Waals surface area contributed by atoms with Gasteiger partial charge in [-0.15, -0.1) is 24.0 Å². The standard InChI is InChI=1S/C17H28N6O2.HI/c1-18-17(19-13-16(24)22-6-3-2-4-7-22)23-10-8-21(9-11-23)14-15-5-12-25-20-15;/h5,12H,2-4,6-11,13-14H2,1H3,(H,18,19);1H. The zero-order valence-corrected chi connectivity index (χ0v) is 17.7. The van der Waals surface area contributed by atoms with Crippen LogP contribution in [0.2, 0.25) is 0 Å². The van der Waals surface area contributed by atoms with Crippen molar-refractivity contribution in [2.75, 3.05) is 52.9 Å². The summed E-state index contributed by atoms with van der Waals surface area (Å²) in [4.78, 5) is 23.2. The van der Waals surface area contributed by atoms with Crippen LogP contribution in [0.3, 0.4) is 0 Å². The quantitative estimate of drug-likeness (QED) is 0.397. The molecule has 2 aliphatic heterocycles. The van der Waals surface area contributed by atoms with Crippen LogP contribution in [0.25, 0.3) is 0 Å². The van der Waals surface area contributed by atoms with Crippen molar-refractivity contribution in [3.05, 3.63) is 18.0 Å². The summed E-state index contributed by atoms with van der Waals surface area (Å²) in [5.41, 5.74) is 0.961. The summed E-state index contributed by atoms with van der Waals surface area (Å²) in [5.74, 6) is 0.983. The molecule has 0 saturated carbocycles. The number of aromatic nitrogens is 1. The molecule has 146 valence electrons. The van der Waals surface area contributed by atoms with Crippen LogP contribution in [0.4, 0.5) is 0 Å². The first kappa shape index (κ1) is 20.9. The van der Waals surface area contributed by atoms with Crippen molar-refractivity contribution in [2.24, 2.45) is 4.99 Å². The highest BCUT2D eigenvalue weighted by Gasteiger charge is 2.22. The summed E-state index contributed by atoms with van der Waals surface area (Å²) in [7, 11) is 1.77. The van der Waals surface area contributed by atoms with Crippen LogP contribution in [0, 0.1) is 0 Å². The minimum absolute atomic E-state index is 0. The fourth-order valence-electron chi connectivity index (χ4n) is 3.41. The topological polar surface area (TPSA) is 77.2 Å². The monoisotopic (exact) mass is 476 g/mol. The first-order valence-corrected chi connectivity index (χ1v) is 9.11. The number of piperidine rings is 1. The molecule has 2 fully saturated rings. The highest BCUT2D eigenvalue weighted by Crippen LogP contribution is 2.09. The lowest BCUT2D eigenvalue weighted by Crippen LogP contribution is -2.53. The van der Waals surface area contributed by atoms with Crippen molar-refractivity contribution in [3.63, 3.8) is 0 Å². The number of hydrogen-bond acceptors (Lipinski definition) is 5. The third-order valence-corrected chi connectivity index (χ3v) is 4.87. The summed E-state index contributed by atoms with van der Waals surface area (Å²) in [6.07, 6.45) is 5.08. The fraction of sp³-hybridized carbons (Fsp3) is 0.706. The van der Waals surface area contributed by atoms with Crippen LogP contribution in [0.5, 0.6) is 0 Å². The molecule has 0 atom stereocenters. The molecule has 0 spiro atoms. The number of carbonyl (C=O) groups is 1. The maximum absolute atomic E-state index is 12.3. The summed E-state index contributed by atoms with van der Waals surface area (Å²) >= 11 is 0. The summed E-state index contributed by atoms with van der Waals surface area (Å²) in [5, 5.41) is 7.20. The smallest absolute Gasteiger partial charge is 0.241 e. The molecule has 0 unspecified atom stereocenters. The summed E-state index contributed by atoms with van der Waals surface area (Å²) < 4.78 is 4.89. The van der Waals surface area contributed by atoms with Gasteiger partial charge in [0.15, 0.2) is 5.96 Å². The molecule has 3 heterocycles. The lowest BCUT2D eigenvalue weighted by Gasteiger charge is -2.36. The lowest BCUT2D eigenvalue weighted by atomic mass is 10.1. The van der Waals surface area contributed by atoms with Gasteiger partial charge < -0.3 is 19.6 Å². The number of nitrogens with one attached hydrogen (secondary N) is 1. The second-order valence-corrected chi connectivity index (χ2v) is 6.60. The van der Waals surface area contributed by atoms with E-state index >= 15 is 0 Å². The van der Waals surface area contributed by atoms with Crippen molar-refractivity contribution in [1.29, 1.82) is 0 Å². The molecular formula is C17H29IN6O2. The third kappa shape index (κ3) is 5.83. The number of carbonyl (C=O) groups excluding carboxylic acids is 1. The van der Waals surface area contributed by atoms with E-state index < -0.39 is 0 Å². The van der Waals surface area contributed by atoms with Crippen LogP contribution in [0.1, 0.15) is 25.0 Å². The normalized spacial score (nSPS) is 19.2. The van der Waals surface area contributed by atoms with Gasteiger partial charge in [0.2, 0.25) is 5.91 Å². The largest absolute Gasteiger partial charge is 0.364 e. The Kier molecular flexibility index (Phi) is 8.63. The second-order valence-electron chi connectivity index (χ2n) is 6.60. The van der Waals surface area contributed by atoms with Crippen LogP contribution in [-0.2, 0) is 11.3 Å². The highest BCUT2D eigenvalue weighted by molar-refractivity contribution is 14.0. The number of aliphatic imine (C=N–C) groups is 1. The van der Waals surface area contributed by atoms with Gasteiger partial charge in [0.25, 0.3) is 0 Å². The van der Waals surface area contributed by atoms with Gasteiger partial charge in [-0.3, -0.25) is 14.7 Å². The molecular weight excluding hydrogens is 447 g/mol. The van der Waals surface area contributed by atoms with Crippen molar-refractivity contribution >= 4 is 35.8 Å². The zero-order chi connectivity index (χ0) is 17.5. The Morgan fingerprint density at radius 1 is 1.15 bits per heavy atom. The number of piperazine rings is 1. The van der Waals surface area contributed by atoms with E-state index in [0.29, 0.717) is 6.54 Å². The molecule has 1 aromatic heterocycles. The molecule has 1 N–H and O–H groups in total. The molecule has 0 radical (unpaired) electrons. The Morgan fingerprint density at radius 3 is 2.50 bits per heavy atom. The molecule has 3 rings (SSSR count). The van der Waals surface area contributed by atoms with Gasteiger partial charge in [0.1, 0.15) is 6.26 Å². The molecule has 8 nitrogen and oxygen atoms in total. The Bertz CT molecular complexity index is 566. The van der Waals surface area contributed by atoms with E-state index in [9.17, 15) is 4.79 Å². The number of halogens is 1. The molecule has 26 heavy (non-hydrogen) atoms. The van der Waals surface area contributed by atoms with Gasteiger partial charge >= 0.3 is 0 Å². The van der Waals surface area contributed by atoms with Gasteiger partial charge in [-0.2, -0.15) is 0 Å². The van der Waals surface area contributed by atoms with Gasteiger partial charge in [-0.25, -0.2) is 0 Å². The van der Waals surface area contributed by atoms with Crippen molar-refractivity contribution in [3.8, 4) is 0 Å². The maximum atomic E-state index is 12.3. The summed E-state index contributed by atoms with van der Waals surface area (Å²) in [6.45, 7) is 6.56. The summed E-state index contributed by atoms with van der Waals surface area (Å²) in [6, 6.07) is 1.90. The molecule has 0 bridgehead atoms. The average molecular weight is 476 g/mol. The van der Waals surface area contributed by atoms with Crippen molar-refractivity contribution < 1.29 is 9.32 Å². The molecule has 1 aromatic rings. The van der Waals surface area contributed by atoms with Crippen LogP contribution >= 0.6 is 24.0 Å². The highest BCUT2D eigenvalue weighted by atomic mass is 127. The van der Waals surface area contributed by atoms with E-state index in [1.165, 1.54) is 6.42 Å². The Labute approximate surface area is 172 Å². The Hall–Kier alpha value is -1.36. The number of hydrogen-bond donors (Lipinski definition) is 1. The van der Waals surface area contributed by atoms with Crippen molar-refractivity contribution in [1.82, 2.24) is 25.2 Å². The minimum atomic E-state index is 0. The average Bonchev–Trinajstić information content (AvgIpc) is 3.17. The molecule has 0 aliphatic carbocycles. The number of guanidine groups is 1. The van der Waals surface area contributed by atoms with E-state index in [1.807, 2.05) is 11.0 Å². The first-order chi connectivity index (χ1) is 12.3. The Balaban J connectivity index is 0.00000243. The molecule has 1 amide bonds. The molecule has 9 heteroatoms. The van der Waals surface area contributed by atoms with Gasteiger partial charge in [0, 0.05) is 58.9 Å². The predicted octanol–water partition coefficient (Wildman–Crippen LogP) is 0.998. The van der Waals surface area contributed by atoms with Crippen LogP contribution in [-0.4, -0.2) is 84.6 Å². The Morgan fingerprint density at radius 2 is 1.88 bits per heavy atom. The number of nitrogens with zero attached hydrogens (tertiary/aromatic N) is 5. The zero-order valence-electron chi connectivity index (χ0n) is 15.4. The number of amides is 1. The van der Waals surface area contributed by atoms with E-state index in [0.717, 1.165) is 70.3 Å². The predicted molar refractivity (Wildman–Crippen MR) is 111 cm³/mol. The van der Waals surface area contributed by atoms with E-state index in [1.54, 1.807) is 13.3 Å². The SMILES string of the molecule is CN=C(NCC(=O)N1CCCCC1)N1CCN(Cc2ccon2)CC1.I. The third-order valence-electron chi connectivity index (χ3n) is 4.87. The molecule has 0 aromatic carbocycles. The maximum Gasteiger partial charge on any atom is 0.241 e. The molecule has 2 saturated heterocycles.